The van der Waals surface area contributed by atoms with Gasteiger partial charge in [-0.1, -0.05) is 5.92 Å². The monoisotopic (exact) mass is 191 g/mol. The average Bonchev–Trinajstić information content (AvgIpc) is 2.17. The number of hydrogen-bond acceptors (Lipinski definition) is 3. The van der Waals surface area contributed by atoms with Crippen LogP contribution in [0.4, 0.5) is 5.69 Å². The van der Waals surface area contributed by atoms with E-state index in [2.05, 4.69) is 5.92 Å². The topological polar surface area (TPSA) is 63.4 Å². The number of phenols is 1. The Balaban J connectivity index is 3.23. The van der Waals surface area contributed by atoms with Crippen molar-refractivity contribution in [3.63, 3.8) is 0 Å². The minimum Gasteiger partial charge on any atom is -0.508 e. The molecule has 1 unspecified atom stereocenters. The second-order valence-electron chi connectivity index (χ2n) is 2.89. The molecule has 1 rings (SSSR count). The van der Waals surface area contributed by atoms with Gasteiger partial charge in [-0.3, -0.25) is 10.1 Å². The fourth-order valence-electron chi connectivity index (χ4n) is 1.09. The van der Waals surface area contributed by atoms with Gasteiger partial charge in [-0.05, 0) is 13.0 Å². The molecule has 4 nitrogen and oxygen atoms in total. The highest BCUT2D eigenvalue weighted by atomic mass is 16.6. The molecule has 0 aromatic heterocycles. The van der Waals surface area contributed by atoms with Crippen molar-refractivity contribution >= 4 is 5.69 Å². The SMILES string of the molecule is C#CC(C)c1cc([N+](=O)[O-])ccc1O. The minimum absolute atomic E-state index is 0.0129. The number of nitro groups is 1. The normalized spacial score (nSPS) is 11.7. The van der Waals surface area contributed by atoms with E-state index in [9.17, 15) is 15.2 Å². The highest BCUT2D eigenvalue weighted by molar-refractivity contribution is 5.46. The van der Waals surface area contributed by atoms with Crippen molar-refractivity contribution < 1.29 is 10.0 Å². The molecule has 0 aliphatic carbocycles. The Morgan fingerprint density at radius 2 is 2.29 bits per heavy atom. The van der Waals surface area contributed by atoms with Gasteiger partial charge in [-0.2, -0.15) is 0 Å². The van der Waals surface area contributed by atoms with E-state index in [4.69, 9.17) is 6.42 Å². The van der Waals surface area contributed by atoms with Gasteiger partial charge in [-0.15, -0.1) is 6.42 Å². The summed E-state index contributed by atoms with van der Waals surface area (Å²) in [5.74, 6) is 2.05. The second kappa shape index (κ2) is 3.79. The van der Waals surface area contributed by atoms with Gasteiger partial charge in [0.05, 0.1) is 4.92 Å². The standard InChI is InChI=1S/C10H9NO3/c1-3-7(2)9-6-8(11(13)14)4-5-10(9)12/h1,4-7,12H,2H3. The quantitative estimate of drug-likeness (QED) is 0.442. The molecule has 0 radical (unpaired) electrons. The summed E-state index contributed by atoms with van der Waals surface area (Å²) in [4.78, 5) is 9.93. The van der Waals surface area contributed by atoms with E-state index in [1.165, 1.54) is 18.2 Å². The lowest BCUT2D eigenvalue weighted by Crippen LogP contribution is -1.94. The van der Waals surface area contributed by atoms with E-state index in [-0.39, 0.29) is 17.4 Å². The molecule has 0 aliphatic rings. The summed E-state index contributed by atoms with van der Waals surface area (Å²) in [5.41, 5.74) is 0.335. The van der Waals surface area contributed by atoms with Crippen molar-refractivity contribution in [1.29, 1.82) is 0 Å². The molecule has 0 bridgehead atoms. The van der Waals surface area contributed by atoms with Crippen LogP contribution in [0.25, 0.3) is 0 Å². The summed E-state index contributed by atoms with van der Waals surface area (Å²) in [6.07, 6.45) is 5.17. The summed E-state index contributed by atoms with van der Waals surface area (Å²) in [7, 11) is 0. The molecule has 0 heterocycles. The van der Waals surface area contributed by atoms with Crippen LogP contribution in [0.1, 0.15) is 18.4 Å². The molecular formula is C10H9NO3. The zero-order valence-electron chi connectivity index (χ0n) is 7.60. The first-order chi connectivity index (χ1) is 6.56. The van der Waals surface area contributed by atoms with Gasteiger partial charge in [-0.25, -0.2) is 0 Å². The number of aromatic hydroxyl groups is 1. The van der Waals surface area contributed by atoms with Crippen LogP contribution in [0.5, 0.6) is 5.75 Å². The van der Waals surface area contributed by atoms with Gasteiger partial charge < -0.3 is 5.11 Å². The zero-order chi connectivity index (χ0) is 10.7. The number of nitrogens with zero attached hydrogens (tertiary/aromatic N) is 1. The second-order valence-corrected chi connectivity index (χ2v) is 2.89. The number of rotatable bonds is 2. The van der Waals surface area contributed by atoms with Gasteiger partial charge in [0.15, 0.2) is 0 Å². The van der Waals surface area contributed by atoms with Crippen molar-refractivity contribution in [3.05, 3.63) is 33.9 Å². The maximum Gasteiger partial charge on any atom is 0.270 e. The molecule has 1 N–H and O–H groups in total. The number of phenolic OH excluding ortho intramolecular Hbond substituents is 1. The Morgan fingerprint density at radius 1 is 1.64 bits per heavy atom. The molecule has 1 aromatic carbocycles. The molecule has 0 saturated carbocycles. The molecule has 0 spiro atoms. The van der Waals surface area contributed by atoms with E-state index in [0.29, 0.717) is 5.56 Å². The Kier molecular flexibility index (Phi) is 2.73. The van der Waals surface area contributed by atoms with E-state index < -0.39 is 4.92 Å². The maximum absolute atomic E-state index is 10.4. The van der Waals surface area contributed by atoms with Crippen LogP contribution in [0.2, 0.25) is 0 Å². The number of non-ortho nitro benzene ring substituents is 1. The molecule has 0 amide bonds. The van der Waals surface area contributed by atoms with Crippen molar-refractivity contribution in [3.8, 4) is 18.1 Å². The smallest absolute Gasteiger partial charge is 0.270 e. The highest BCUT2D eigenvalue weighted by Crippen LogP contribution is 2.28. The Morgan fingerprint density at radius 3 is 2.79 bits per heavy atom. The number of terminal acetylenes is 1. The van der Waals surface area contributed by atoms with Gasteiger partial charge in [0.2, 0.25) is 0 Å². The molecule has 1 aromatic rings. The first-order valence-corrected chi connectivity index (χ1v) is 3.99. The summed E-state index contributed by atoms with van der Waals surface area (Å²) >= 11 is 0. The Labute approximate surface area is 81.3 Å². The van der Waals surface area contributed by atoms with Crippen LogP contribution in [-0.4, -0.2) is 10.0 Å². The summed E-state index contributed by atoms with van der Waals surface area (Å²) in [5, 5.41) is 19.8. The molecule has 1 atom stereocenters. The van der Waals surface area contributed by atoms with Crippen LogP contribution >= 0.6 is 0 Å². The predicted octanol–water partition coefficient (Wildman–Crippen LogP) is 2.04. The predicted molar refractivity (Wildman–Crippen MR) is 52.0 cm³/mol. The molecule has 0 aliphatic heterocycles. The summed E-state index contributed by atoms with van der Waals surface area (Å²) < 4.78 is 0. The van der Waals surface area contributed by atoms with Crippen molar-refractivity contribution in [2.75, 3.05) is 0 Å². The van der Waals surface area contributed by atoms with Crippen molar-refractivity contribution in [1.82, 2.24) is 0 Å². The third kappa shape index (κ3) is 1.83. The van der Waals surface area contributed by atoms with Crippen LogP contribution in [-0.2, 0) is 0 Å². The fraction of sp³-hybridized carbons (Fsp3) is 0.200. The summed E-state index contributed by atoms with van der Waals surface area (Å²) in [6, 6.07) is 3.81. The van der Waals surface area contributed by atoms with Crippen LogP contribution in [0.15, 0.2) is 18.2 Å². The third-order valence-electron chi connectivity index (χ3n) is 1.94. The highest BCUT2D eigenvalue weighted by Gasteiger charge is 2.13. The van der Waals surface area contributed by atoms with Crippen LogP contribution < -0.4 is 0 Å². The van der Waals surface area contributed by atoms with E-state index in [1.54, 1.807) is 6.92 Å². The van der Waals surface area contributed by atoms with E-state index >= 15 is 0 Å². The first kappa shape index (κ1) is 10.1. The lowest BCUT2D eigenvalue weighted by atomic mass is 10.0. The van der Waals surface area contributed by atoms with Crippen LogP contribution in [0.3, 0.4) is 0 Å². The number of nitro benzene ring substituents is 1. The van der Waals surface area contributed by atoms with Gasteiger partial charge >= 0.3 is 0 Å². The zero-order valence-corrected chi connectivity index (χ0v) is 7.60. The molecule has 4 heteroatoms. The largest absolute Gasteiger partial charge is 0.508 e. The first-order valence-electron chi connectivity index (χ1n) is 3.99. The van der Waals surface area contributed by atoms with Crippen molar-refractivity contribution in [2.24, 2.45) is 0 Å². The molecule has 72 valence electrons. The number of hydrogen-bond donors (Lipinski definition) is 1. The molecule has 0 fully saturated rings. The van der Waals surface area contributed by atoms with Gasteiger partial charge in [0.1, 0.15) is 5.75 Å². The summed E-state index contributed by atoms with van der Waals surface area (Å²) in [6.45, 7) is 1.69. The van der Waals surface area contributed by atoms with Gasteiger partial charge in [0, 0.05) is 23.6 Å². The Hall–Kier alpha value is -2.02. The van der Waals surface area contributed by atoms with Gasteiger partial charge in [0.25, 0.3) is 5.69 Å². The maximum atomic E-state index is 10.4. The molecule has 0 saturated heterocycles. The van der Waals surface area contributed by atoms with E-state index in [1.807, 2.05) is 0 Å². The third-order valence-corrected chi connectivity index (χ3v) is 1.94. The number of benzene rings is 1. The van der Waals surface area contributed by atoms with Crippen LogP contribution in [0, 0.1) is 22.5 Å². The minimum atomic E-state index is -0.522. The lowest BCUT2D eigenvalue weighted by Gasteiger charge is -2.06. The van der Waals surface area contributed by atoms with E-state index in [0.717, 1.165) is 0 Å². The molecular weight excluding hydrogens is 182 g/mol. The fourth-order valence-corrected chi connectivity index (χ4v) is 1.09. The Bertz CT molecular complexity index is 406. The van der Waals surface area contributed by atoms with Crippen molar-refractivity contribution in [2.45, 2.75) is 12.8 Å². The lowest BCUT2D eigenvalue weighted by molar-refractivity contribution is -0.384. The molecule has 14 heavy (non-hydrogen) atoms. The average molecular weight is 191 g/mol.